The average molecular weight is 299 g/mol. The van der Waals surface area contributed by atoms with Crippen LogP contribution in [0.2, 0.25) is 0 Å². The fourth-order valence-corrected chi connectivity index (χ4v) is 4.94. The van der Waals surface area contributed by atoms with E-state index in [1.165, 1.54) is 19.3 Å². The lowest BCUT2D eigenvalue weighted by atomic mass is 10.0. The molecule has 116 valence electrons. The fourth-order valence-electron chi connectivity index (χ4n) is 4.94. The van der Waals surface area contributed by atoms with Crippen molar-refractivity contribution in [1.82, 2.24) is 5.32 Å². The maximum atomic E-state index is 12.3. The van der Waals surface area contributed by atoms with Crippen LogP contribution >= 0.6 is 0 Å². The zero-order valence-electron chi connectivity index (χ0n) is 12.5. The number of nitrogens with one attached hydrogen (secondary N) is 1. The summed E-state index contributed by atoms with van der Waals surface area (Å²) in [5, 5.41) is 11.9. The molecule has 0 spiro atoms. The van der Waals surface area contributed by atoms with Crippen LogP contribution in [0.3, 0.4) is 0 Å². The van der Waals surface area contributed by atoms with Gasteiger partial charge < -0.3 is 10.4 Å². The first-order chi connectivity index (χ1) is 10.6. The van der Waals surface area contributed by atoms with Crippen molar-refractivity contribution in [1.29, 1.82) is 0 Å². The van der Waals surface area contributed by atoms with E-state index in [1.54, 1.807) is 12.1 Å². The summed E-state index contributed by atoms with van der Waals surface area (Å²) in [7, 11) is 0. The van der Waals surface area contributed by atoms with Gasteiger partial charge in [0.2, 0.25) is 5.91 Å². The maximum Gasteiger partial charge on any atom is 0.335 e. The van der Waals surface area contributed by atoms with Gasteiger partial charge in [0.25, 0.3) is 0 Å². The molecule has 0 aromatic heterocycles. The molecule has 2 bridgehead atoms. The van der Waals surface area contributed by atoms with Crippen LogP contribution in [0.5, 0.6) is 0 Å². The van der Waals surface area contributed by atoms with E-state index in [2.05, 4.69) is 5.32 Å². The molecular formula is C18H21NO3. The Morgan fingerprint density at radius 1 is 1.09 bits per heavy atom. The topological polar surface area (TPSA) is 66.4 Å². The number of hydrogen-bond acceptors (Lipinski definition) is 2. The summed E-state index contributed by atoms with van der Waals surface area (Å²) in [6, 6.07) is 6.87. The molecule has 4 heteroatoms. The quantitative estimate of drug-likeness (QED) is 0.877. The number of aromatic carboxylic acids is 1. The molecular weight excluding hydrogens is 278 g/mol. The lowest BCUT2D eigenvalue weighted by molar-refractivity contribution is -0.123. The minimum absolute atomic E-state index is 0.244. The SMILES string of the molecule is O=C(O)c1ccc(CCNC(=O)C2C3C4CCC(C4)C23)cc1. The number of carboxylic acid groups (broad SMARTS) is 1. The van der Waals surface area contributed by atoms with Gasteiger partial charge in [-0.2, -0.15) is 0 Å². The molecule has 0 aliphatic heterocycles. The summed E-state index contributed by atoms with van der Waals surface area (Å²) in [5.41, 5.74) is 1.36. The first kappa shape index (κ1) is 13.8. The average Bonchev–Trinajstić information content (AvgIpc) is 2.96. The number of carbonyl (C=O) groups excluding carboxylic acids is 1. The molecule has 1 aromatic carbocycles. The molecule has 4 nitrogen and oxygen atoms in total. The minimum Gasteiger partial charge on any atom is -0.478 e. The Bertz CT molecular complexity index is 593. The normalized spacial score (nSPS) is 34.3. The third kappa shape index (κ3) is 2.21. The van der Waals surface area contributed by atoms with E-state index < -0.39 is 5.97 Å². The summed E-state index contributed by atoms with van der Waals surface area (Å²) >= 11 is 0. The van der Waals surface area contributed by atoms with Gasteiger partial charge in [-0.1, -0.05) is 12.1 Å². The molecule has 3 fully saturated rings. The number of carboxylic acids is 1. The first-order valence-corrected chi connectivity index (χ1v) is 8.25. The predicted molar refractivity (Wildman–Crippen MR) is 81.4 cm³/mol. The Balaban J connectivity index is 1.26. The van der Waals surface area contributed by atoms with Crippen molar-refractivity contribution in [3.05, 3.63) is 35.4 Å². The second-order valence-electron chi connectivity index (χ2n) is 7.06. The molecule has 4 atom stereocenters. The van der Waals surface area contributed by atoms with E-state index in [0.717, 1.165) is 23.8 Å². The van der Waals surface area contributed by atoms with Gasteiger partial charge in [0.05, 0.1) is 5.56 Å². The van der Waals surface area contributed by atoms with Crippen LogP contribution in [-0.2, 0) is 11.2 Å². The van der Waals surface area contributed by atoms with Crippen molar-refractivity contribution in [3.8, 4) is 0 Å². The van der Waals surface area contributed by atoms with Gasteiger partial charge in [0.15, 0.2) is 0 Å². The zero-order valence-corrected chi connectivity index (χ0v) is 12.5. The third-order valence-corrected chi connectivity index (χ3v) is 5.95. The summed E-state index contributed by atoms with van der Waals surface area (Å²) in [6.07, 6.45) is 4.80. The number of carbonyl (C=O) groups is 2. The van der Waals surface area contributed by atoms with Gasteiger partial charge >= 0.3 is 5.97 Å². The highest BCUT2D eigenvalue weighted by Crippen LogP contribution is 2.69. The van der Waals surface area contributed by atoms with Crippen LogP contribution in [-0.4, -0.2) is 23.5 Å². The smallest absolute Gasteiger partial charge is 0.335 e. The zero-order chi connectivity index (χ0) is 15.3. The lowest BCUT2D eigenvalue weighted by Gasteiger charge is -2.09. The molecule has 22 heavy (non-hydrogen) atoms. The number of benzene rings is 1. The summed E-state index contributed by atoms with van der Waals surface area (Å²) in [4.78, 5) is 23.1. The van der Waals surface area contributed by atoms with Crippen LogP contribution in [0, 0.1) is 29.6 Å². The van der Waals surface area contributed by atoms with Gasteiger partial charge in [-0.3, -0.25) is 4.79 Å². The number of hydrogen-bond donors (Lipinski definition) is 2. The van der Waals surface area contributed by atoms with E-state index in [9.17, 15) is 9.59 Å². The Labute approximate surface area is 129 Å². The highest BCUT2D eigenvalue weighted by atomic mass is 16.4. The standard InChI is InChI=1S/C18H21NO3/c20-17(16-14-12-5-6-13(9-12)15(14)16)19-8-7-10-1-3-11(4-2-10)18(21)22/h1-4,12-16H,5-9H2,(H,19,20)(H,21,22). The highest BCUT2D eigenvalue weighted by Gasteiger charge is 2.67. The molecule has 3 saturated carbocycles. The van der Waals surface area contributed by atoms with Gasteiger partial charge in [-0.25, -0.2) is 4.79 Å². The van der Waals surface area contributed by atoms with E-state index in [0.29, 0.717) is 29.9 Å². The van der Waals surface area contributed by atoms with Gasteiger partial charge in [-0.05, 0) is 67.1 Å². The molecule has 1 amide bonds. The summed E-state index contributed by atoms with van der Waals surface area (Å²) in [6.45, 7) is 0.635. The van der Waals surface area contributed by atoms with Crippen LogP contribution in [0.25, 0.3) is 0 Å². The van der Waals surface area contributed by atoms with E-state index >= 15 is 0 Å². The van der Waals surface area contributed by atoms with Crippen molar-refractivity contribution in [2.75, 3.05) is 6.54 Å². The van der Waals surface area contributed by atoms with Crippen molar-refractivity contribution in [2.45, 2.75) is 25.7 Å². The monoisotopic (exact) mass is 299 g/mol. The second-order valence-corrected chi connectivity index (χ2v) is 7.06. The molecule has 1 aromatic rings. The van der Waals surface area contributed by atoms with Crippen LogP contribution < -0.4 is 5.32 Å². The Hall–Kier alpha value is -1.84. The Morgan fingerprint density at radius 2 is 1.73 bits per heavy atom. The van der Waals surface area contributed by atoms with E-state index in [1.807, 2.05) is 12.1 Å². The van der Waals surface area contributed by atoms with Crippen LogP contribution in [0.15, 0.2) is 24.3 Å². The van der Waals surface area contributed by atoms with E-state index in [-0.39, 0.29) is 5.91 Å². The predicted octanol–water partition coefficient (Wildman–Crippen LogP) is 2.34. The largest absolute Gasteiger partial charge is 0.478 e. The van der Waals surface area contributed by atoms with Crippen LogP contribution in [0.4, 0.5) is 0 Å². The molecule has 0 saturated heterocycles. The summed E-state index contributed by atoms with van der Waals surface area (Å²) < 4.78 is 0. The van der Waals surface area contributed by atoms with Crippen molar-refractivity contribution < 1.29 is 14.7 Å². The van der Waals surface area contributed by atoms with Crippen molar-refractivity contribution >= 4 is 11.9 Å². The van der Waals surface area contributed by atoms with Crippen molar-refractivity contribution in [3.63, 3.8) is 0 Å². The Kier molecular flexibility index (Phi) is 3.21. The number of fused-ring (bicyclic) bond motifs is 5. The molecule has 2 N–H and O–H groups in total. The van der Waals surface area contributed by atoms with Gasteiger partial charge in [0.1, 0.15) is 0 Å². The van der Waals surface area contributed by atoms with Crippen LogP contribution in [0.1, 0.15) is 35.2 Å². The number of amides is 1. The molecule has 4 rings (SSSR count). The molecule has 4 unspecified atom stereocenters. The Morgan fingerprint density at radius 3 is 2.32 bits per heavy atom. The molecule has 0 heterocycles. The molecule has 0 radical (unpaired) electrons. The molecule has 3 aliphatic carbocycles. The highest BCUT2D eigenvalue weighted by molar-refractivity contribution is 5.87. The minimum atomic E-state index is -0.908. The first-order valence-electron chi connectivity index (χ1n) is 8.25. The third-order valence-electron chi connectivity index (χ3n) is 5.95. The number of rotatable bonds is 5. The maximum absolute atomic E-state index is 12.3. The summed E-state index contributed by atoms with van der Waals surface area (Å²) in [5.74, 6) is 2.66. The lowest BCUT2D eigenvalue weighted by Crippen LogP contribution is -2.29. The fraction of sp³-hybridized carbons (Fsp3) is 0.556. The van der Waals surface area contributed by atoms with E-state index in [4.69, 9.17) is 5.11 Å². The van der Waals surface area contributed by atoms with Gasteiger partial charge in [-0.15, -0.1) is 0 Å². The van der Waals surface area contributed by atoms with Crippen molar-refractivity contribution in [2.24, 2.45) is 29.6 Å². The van der Waals surface area contributed by atoms with Gasteiger partial charge in [0, 0.05) is 12.5 Å². The molecule has 3 aliphatic rings. The second kappa shape index (κ2) is 5.11.